The lowest BCUT2D eigenvalue weighted by molar-refractivity contribution is -0.152. The summed E-state index contributed by atoms with van der Waals surface area (Å²) < 4.78 is 4.83. The number of ether oxygens (including phenoxy) is 1. The Kier molecular flexibility index (Phi) is 4.91. The molecular weight excluding hydrogens is 226 g/mol. The Labute approximate surface area is 110 Å². The SMILES string of the molecule is COC(=O)C(C)(C)N(C)CCc1ccccc1C. The molecule has 1 aromatic carbocycles. The molecule has 0 bridgehead atoms. The molecule has 0 aliphatic rings. The van der Waals surface area contributed by atoms with Crippen molar-refractivity contribution in [1.82, 2.24) is 4.90 Å². The average Bonchev–Trinajstić information content (AvgIpc) is 2.36. The van der Waals surface area contributed by atoms with Gasteiger partial charge in [0.05, 0.1) is 7.11 Å². The van der Waals surface area contributed by atoms with Gasteiger partial charge < -0.3 is 4.74 Å². The fraction of sp³-hybridized carbons (Fsp3) is 0.533. The smallest absolute Gasteiger partial charge is 0.325 e. The Morgan fingerprint density at radius 3 is 2.50 bits per heavy atom. The molecule has 0 aromatic heterocycles. The highest BCUT2D eigenvalue weighted by atomic mass is 16.5. The molecule has 0 fully saturated rings. The largest absolute Gasteiger partial charge is 0.468 e. The maximum Gasteiger partial charge on any atom is 0.325 e. The first-order valence-electron chi connectivity index (χ1n) is 6.23. The van der Waals surface area contributed by atoms with Crippen molar-refractivity contribution < 1.29 is 9.53 Å². The molecule has 0 aliphatic heterocycles. The van der Waals surface area contributed by atoms with Gasteiger partial charge in [0.2, 0.25) is 0 Å². The highest BCUT2D eigenvalue weighted by Crippen LogP contribution is 2.16. The van der Waals surface area contributed by atoms with E-state index in [0.29, 0.717) is 0 Å². The summed E-state index contributed by atoms with van der Waals surface area (Å²) in [5.74, 6) is -0.199. The highest BCUT2D eigenvalue weighted by molar-refractivity contribution is 5.79. The van der Waals surface area contributed by atoms with Crippen molar-refractivity contribution in [2.75, 3.05) is 20.7 Å². The number of hydrogen-bond donors (Lipinski definition) is 0. The first-order chi connectivity index (χ1) is 8.39. The van der Waals surface area contributed by atoms with Crippen LogP contribution in [0.15, 0.2) is 24.3 Å². The van der Waals surface area contributed by atoms with Gasteiger partial charge in [0, 0.05) is 6.54 Å². The molecule has 0 spiro atoms. The van der Waals surface area contributed by atoms with E-state index in [4.69, 9.17) is 4.74 Å². The molecule has 0 radical (unpaired) electrons. The van der Waals surface area contributed by atoms with Crippen molar-refractivity contribution in [2.45, 2.75) is 32.7 Å². The number of carbonyl (C=O) groups excluding carboxylic acids is 1. The number of benzene rings is 1. The number of carbonyl (C=O) groups is 1. The normalized spacial score (nSPS) is 11.7. The van der Waals surface area contributed by atoms with Crippen LogP contribution in [0.5, 0.6) is 0 Å². The summed E-state index contributed by atoms with van der Waals surface area (Å²) in [5, 5.41) is 0. The molecule has 100 valence electrons. The first-order valence-corrected chi connectivity index (χ1v) is 6.23. The molecule has 0 saturated heterocycles. The number of likely N-dealkylation sites (N-methyl/N-ethyl adjacent to an activating group) is 1. The average molecular weight is 249 g/mol. The molecule has 0 saturated carbocycles. The second-order valence-electron chi connectivity index (χ2n) is 5.15. The second kappa shape index (κ2) is 6.01. The standard InChI is InChI=1S/C15H23NO2/c1-12-8-6-7-9-13(12)10-11-16(4)15(2,3)14(17)18-5/h6-9H,10-11H2,1-5H3. The summed E-state index contributed by atoms with van der Waals surface area (Å²) in [4.78, 5) is 13.7. The van der Waals surface area contributed by atoms with Crippen LogP contribution in [0.1, 0.15) is 25.0 Å². The van der Waals surface area contributed by atoms with E-state index < -0.39 is 5.54 Å². The Hall–Kier alpha value is -1.35. The van der Waals surface area contributed by atoms with Gasteiger partial charge in [-0.15, -0.1) is 0 Å². The maximum atomic E-state index is 11.7. The summed E-state index contributed by atoms with van der Waals surface area (Å²) >= 11 is 0. The third kappa shape index (κ3) is 3.33. The molecule has 0 aliphatic carbocycles. The Morgan fingerprint density at radius 2 is 1.94 bits per heavy atom. The van der Waals surface area contributed by atoms with Gasteiger partial charge in [-0.3, -0.25) is 9.69 Å². The van der Waals surface area contributed by atoms with Crippen molar-refractivity contribution in [3.63, 3.8) is 0 Å². The third-order valence-electron chi connectivity index (χ3n) is 3.62. The Bertz CT molecular complexity index is 413. The minimum atomic E-state index is -0.586. The van der Waals surface area contributed by atoms with Crippen molar-refractivity contribution in [3.05, 3.63) is 35.4 Å². The lowest BCUT2D eigenvalue weighted by Crippen LogP contribution is -2.49. The zero-order valence-corrected chi connectivity index (χ0v) is 12.0. The molecule has 0 N–H and O–H groups in total. The van der Waals surface area contributed by atoms with Crippen LogP contribution < -0.4 is 0 Å². The second-order valence-corrected chi connectivity index (χ2v) is 5.15. The predicted molar refractivity (Wildman–Crippen MR) is 73.6 cm³/mol. The number of esters is 1. The molecule has 0 atom stereocenters. The minimum absolute atomic E-state index is 0.199. The van der Waals surface area contributed by atoms with E-state index in [9.17, 15) is 4.79 Å². The van der Waals surface area contributed by atoms with Crippen LogP contribution in [0.4, 0.5) is 0 Å². The molecule has 1 aromatic rings. The summed E-state index contributed by atoms with van der Waals surface area (Å²) in [6.07, 6.45) is 0.934. The van der Waals surface area contributed by atoms with E-state index in [2.05, 4.69) is 19.1 Å². The van der Waals surface area contributed by atoms with E-state index in [1.165, 1.54) is 18.2 Å². The summed E-state index contributed by atoms with van der Waals surface area (Å²) in [7, 11) is 3.38. The lowest BCUT2D eigenvalue weighted by atomic mass is 10.0. The van der Waals surface area contributed by atoms with Crippen LogP contribution in [0.3, 0.4) is 0 Å². The fourth-order valence-electron chi connectivity index (χ4n) is 1.86. The molecule has 3 heteroatoms. The summed E-state index contributed by atoms with van der Waals surface area (Å²) in [5.41, 5.74) is 2.03. The number of aryl methyl sites for hydroxylation is 1. The van der Waals surface area contributed by atoms with Gasteiger partial charge in [0.15, 0.2) is 0 Å². The van der Waals surface area contributed by atoms with Crippen LogP contribution in [0.25, 0.3) is 0 Å². The first kappa shape index (κ1) is 14.7. The van der Waals surface area contributed by atoms with Crippen LogP contribution in [0.2, 0.25) is 0 Å². The van der Waals surface area contributed by atoms with Crippen molar-refractivity contribution in [2.24, 2.45) is 0 Å². The highest BCUT2D eigenvalue weighted by Gasteiger charge is 2.32. The van der Waals surface area contributed by atoms with Crippen molar-refractivity contribution >= 4 is 5.97 Å². The van der Waals surface area contributed by atoms with E-state index in [1.807, 2.05) is 37.9 Å². The summed E-state index contributed by atoms with van der Waals surface area (Å²) in [6, 6.07) is 8.34. The van der Waals surface area contributed by atoms with Gasteiger partial charge in [0.1, 0.15) is 5.54 Å². The number of hydrogen-bond acceptors (Lipinski definition) is 3. The van der Waals surface area contributed by atoms with E-state index >= 15 is 0 Å². The van der Waals surface area contributed by atoms with Crippen molar-refractivity contribution in [1.29, 1.82) is 0 Å². The Balaban J connectivity index is 2.64. The van der Waals surface area contributed by atoms with Gasteiger partial charge in [-0.1, -0.05) is 24.3 Å². The Morgan fingerprint density at radius 1 is 1.33 bits per heavy atom. The number of nitrogens with zero attached hydrogens (tertiary/aromatic N) is 1. The van der Waals surface area contributed by atoms with Crippen LogP contribution in [0, 0.1) is 6.92 Å². The van der Waals surface area contributed by atoms with E-state index in [1.54, 1.807) is 0 Å². The van der Waals surface area contributed by atoms with Crippen LogP contribution in [-0.2, 0) is 16.0 Å². The summed E-state index contributed by atoms with van der Waals surface area (Å²) in [6.45, 7) is 6.71. The van der Waals surface area contributed by atoms with Gasteiger partial charge in [-0.05, 0) is 45.4 Å². The number of rotatable bonds is 5. The quantitative estimate of drug-likeness (QED) is 0.751. The molecule has 0 unspecified atom stereocenters. The van der Waals surface area contributed by atoms with Crippen LogP contribution in [-0.4, -0.2) is 37.1 Å². The zero-order chi connectivity index (χ0) is 13.8. The van der Waals surface area contributed by atoms with Gasteiger partial charge in [-0.25, -0.2) is 0 Å². The van der Waals surface area contributed by atoms with Crippen molar-refractivity contribution in [3.8, 4) is 0 Å². The molecule has 0 amide bonds. The van der Waals surface area contributed by atoms with Gasteiger partial charge in [0.25, 0.3) is 0 Å². The lowest BCUT2D eigenvalue weighted by Gasteiger charge is -2.32. The molecule has 18 heavy (non-hydrogen) atoms. The molecule has 1 rings (SSSR count). The molecule has 3 nitrogen and oxygen atoms in total. The number of methoxy groups -OCH3 is 1. The minimum Gasteiger partial charge on any atom is -0.468 e. The fourth-order valence-corrected chi connectivity index (χ4v) is 1.86. The van der Waals surface area contributed by atoms with E-state index in [-0.39, 0.29) is 5.97 Å². The molecular formula is C15H23NO2. The monoisotopic (exact) mass is 249 g/mol. The molecule has 0 heterocycles. The topological polar surface area (TPSA) is 29.5 Å². The van der Waals surface area contributed by atoms with Gasteiger partial charge in [-0.2, -0.15) is 0 Å². The predicted octanol–water partition coefficient (Wildman–Crippen LogP) is 2.42. The maximum absolute atomic E-state index is 11.7. The third-order valence-corrected chi connectivity index (χ3v) is 3.62. The zero-order valence-electron chi connectivity index (χ0n) is 12.0. The van der Waals surface area contributed by atoms with Crippen LogP contribution >= 0.6 is 0 Å². The van der Waals surface area contributed by atoms with E-state index in [0.717, 1.165) is 13.0 Å². The van der Waals surface area contributed by atoms with Gasteiger partial charge >= 0.3 is 5.97 Å².